The van der Waals surface area contributed by atoms with Crippen LogP contribution in [-0.4, -0.2) is 0 Å². The Hall–Kier alpha value is -7.88. The van der Waals surface area contributed by atoms with Crippen molar-refractivity contribution in [3.05, 3.63) is 229 Å². The molecule has 0 aliphatic carbocycles. The van der Waals surface area contributed by atoms with Gasteiger partial charge in [0.25, 0.3) is 0 Å². The Labute approximate surface area is 432 Å². The van der Waals surface area contributed by atoms with Gasteiger partial charge in [0, 0.05) is 44.6 Å². The molecule has 0 amide bonds. The van der Waals surface area contributed by atoms with Crippen molar-refractivity contribution in [1.29, 1.82) is 0 Å². The van der Waals surface area contributed by atoms with Crippen molar-refractivity contribution in [2.75, 3.05) is 9.80 Å². The van der Waals surface area contributed by atoms with Crippen molar-refractivity contribution < 1.29 is 4.42 Å². The van der Waals surface area contributed by atoms with Crippen LogP contribution in [0.4, 0.5) is 34.1 Å². The van der Waals surface area contributed by atoms with Crippen LogP contribution in [0.5, 0.6) is 0 Å². The summed E-state index contributed by atoms with van der Waals surface area (Å²) in [5.41, 5.74) is 18.6. The van der Waals surface area contributed by atoms with E-state index >= 15 is 0 Å². The lowest BCUT2D eigenvalue weighted by Crippen LogP contribution is -2.13. The van der Waals surface area contributed by atoms with Gasteiger partial charge < -0.3 is 14.2 Å². The van der Waals surface area contributed by atoms with Crippen LogP contribution in [0.3, 0.4) is 0 Å². The number of nitrogens with zero attached hydrogens (tertiary/aromatic N) is 2. The van der Waals surface area contributed by atoms with Crippen molar-refractivity contribution in [3.63, 3.8) is 0 Å². The predicted molar refractivity (Wildman–Crippen MR) is 315 cm³/mol. The van der Waals surface area contributed by atoms with E-state index in [1.165, 1.54) is 55.3 Å². The summed E-state index contributed by atoms with van der Waals surface area (Å²) in [5, 5.41) is 6.81. The third-order valence-corrected chi connectivity index (χ3v) is 14.9. The Morgan fingerprint density at radius 2 is 0.699 bits per heavy atom. The summed E-state index contributed by atoms with van der Waals surface area (Å²) in [6.07, 6.45) is 0. The third-order valence-electron chi connectivity index (χ3n) is 14.9. The summed E-state index contributed by atoms with van der Waals surface area (Å²) in [4.78, 5) is 4.82. The molecule has 362 valence electrons. The summed E-state index contributed by atoms with van der Waals surface area (Å²) in [6.45, 7) is 22.6. The number of benzene rings is 10. The fourth-order valence-electron chi connectivity index (χ4n) is 10.5. The zero-order chi connectivity index (χ0) is 50.8. The molecule has 73 heavy (non-hydrogen) atoms. The minimum atomic E-state index is 0.0425. The fraction of sp³-hybridized carbons (Fsp3) is 0.200. The molecule has 3 heteroatoms. The molecular formula is C70H66N2O. The van der Waals surface area contributed by atoms with Crippen molar-refractivity contribution in [2.24, 2.45) is 0 Å². The van der Waals surface area contributed by atoms with E-state index in [0.29, 0.717) is 11.8 Å². The Balaban J connectivity index is 1.01. The number of furan rings is 1. The zero-order valence-electron chi connectivity index (χ0n) is 44.1. The maximum atomic E-state index is 6.87. The van der Waals surface area contributed by atoms with Crippen LogP contribution < -0.4 is 9.80 Å². The second-order valence-electron chi connectivity index (χ2n) is 22.7. The van der Waals surface area contributed by atoms with E-state index in [0.717, 1.165) is 66.8 Å². The zero-order valence-corrected chi connectivity index (χ0v) is 44.1. The highest BCUT2D eigenvalue weighted by Crippen LogP contribution is 2.46. The molecule has 0 fully saturated rings. The van der Waals surface area contributed by atoms with Gasteiger partial charge in [-0.15, -0.1) is 0 Å². The average Bonchev–Trinajstić information content (AvgIpc) is 3.73. The van der Waals surface area contributed by atoms with Crippen molar-refractivity contribution in [3.8, 4) is 22.3 Å². The molecule has 0 bridgehead atoms. The second kappa shape index (κ2) is 18.6. The Morgan fingerprint density at radius 1 is 0.342 bits per heavy atom. The molecule has 1 aromatic heterocycles. The highest BCUT2D eigenvalue weighted by molar-refractivity contribution is 6.14. The predicted octanol–water partition coefficient (Wildman–Crippen LogP) is 21.0. The Bertz CT molecular complexity index is 3790. The maximum Gasteiger partial charge on any atom is 0.136 e. The van der Waals surface area contributed by atoms with E-state index in [2.05, 4.69) is 285 Å². The van der Waals surface area contributed by atoms with Crippen LogP contribution in [0.15, 0.2) is 211 Å². The summed E-state index contributed by atoms with van der Waals surface area (Å²) >= 11 is 0. The molecular weight excluding hydrogens is 885 g/mol. The van der Waals surface area contributed by atoms with E-state index < -0.39 is 0 Å². The molecule has 0 N–H and O–H groups in total. The monoisotopic (exact) mass is 951 g/mol. The van der Waals surface area contributed by atoms with Crippen molar-refractivity contribution in [2.45, 2.75) is 91.9 Å². The van der Waals surface area contributed by atoms with E-state index in [4.69, 9.17) is 4.42 Å². The van der Waals surface area contributed by atoms with Gasteiger partial charge >= 0.3 is 0 Å². The van der Waals surface area contributed by atoms with E-state index in [1.807, 2.05) is 0 Å². The molecule has 11 rings (SSSR count). The molecule has 0 radical (unpaired) electrons. The smallest absolute Gasteiger partial charge is 0.136 e. The lowest BCUT2D eigenvalue weighted by atomic mass is 9.86. The highest BCUT2D eigenvalue weighted by atomic mass is 16.3. The van der Waals surface area contributed by atoms with Crippen LogP contribution in [0, 0.1) is 0 Å². The largest absolute Gasteiger partial charge is 0.456 e. The van der Waals surface area contributed by atoms with E-state index in [-0.39, 0.29) is 10.8 Å². The number of para-hydroxylation sites is 2. The highest BCUT2D eigenvalue weighted by Gasteiger charge is 2.23. The molecule has 0 aliphatic rings. The van der Waals surface area contributed by atoms with Gasteiger partial charge in [-0.1, -0.05) is 191 Å². The summed E-state index contributed by atoms with van der Waals surface area (Å²) < 4.78 is 6.87. The molecule has 0 atom stereocenters. The lowest BCUT2D eigenvalue weighted by molar-refractivity contribution is 0.590. The number of hydrogen-bond acceptors (Lipinski definition) is 3. The van der Waals surface area contributed by atoms with Crippen LogP contribution >= 0.6 is 0 Å². The number of hydrogen-bond donors (Lipinski definition) is 0. The molecule has 0 saturated heterocycles. The SMILES string of the molecule is CC(C)c1ccc(-c2ccccc2N(c2ccc(C(C)(C)C)cc2)c2ccc3cc4c(cc3c2)oc2cc3cc(N(c5ccc(C(C)C)cc5)c5ccccc5-c5ccc(C(C)(C)C)cc5)ccc3cc24)cc1. The fourth-order valence-corrected chi connectivity index (χ4v) is 10.5. The molecule has 3 nitrogen and oxygen atoms in total. The van der Waals surface area contributed by atoms with Crippen LogP contribution in [-0.2, 0) is 10.8 Å². The normalized spacial score (nSPS) is 12.2. The van der Waals surface area contributed by atoms with Gasteiger partial charge in [-0.2, -0.15) is 0 Å². The van der Waals surface area contributed by atoms with Crippen LogP contribution in [0.2, 0.25) is 0 Å². The quantitative estimate of drug-likeness (QED) is 0.136. The number of fused-ring (bicyclic) bond motifs is 5. The van der Waals surface area contributed by atoms with Gasteiger partial charge in [0.15, 0.2) is 0 Å². The van der Waals surface area contributed by atoms with Gasteiger partial charge in [0.1, 0.15) is 11.2 Å². The minimum Gasteiger partial charge on any atom is -0.456 e. The van der Waals surface area contributed by atoms with Gasteiger partial charge in [-0.05, 0) is 163 Å². The number of anilines is 6. The molecule has 1 heterocycles. The molecule has 0 saturated carbocycles. The molecule has 10 aromatic carbocycles. The average molecular weight is 951 g/mol. The lowest BCUT2D eigenvalue weighted by Gasteiger charge is -2.29. The topological polar surface area (TPSA) is 19.6 Å². The first kappa shape index (κ1) is 47.4. The molecule has 0 aliphatic heterocycles. The Morgan fingerprint density at radius 3 is 1.11 bits per heavy atom. The molecule has 0 unspecified atom stereocenters. The minimum absolute atomic E-state index is 0.0425. The summed E-state index contributed by atoms with van der Waals surface area (Å²) in [7, 11) is 0. The standard InChI is InChI=1S/C70H66N2O/c1-45(2)47-19-21-49(22-20-47)61-15-11-13-17-65(61)72(58-37-31-56(32-38-58)70(8,9)10)60-36-28-52-42-64-63-41-51-27-35-59(39-53(51)43-67(63)73-68(64)44-54(52)40-60)71(57-33-25-48(26-34-57)46(3)4)66-18-14-12-16-62(66)50-23-29-55(30-24-50)69(5,6)7/h11-46H,1-10H3. The van der Waals surface area contributed by atoms with Gasteiger partial charge in [-0.25, -0.2) is 0 Å². The first-order valence-electron chi connectivity index (χ1n) is 26.1. The number of rotatable bonds is 10. The summed E-state index contributed by atoms with van der Waals surface area (Å²) in [6, 6.07) is 76.7. The van der Waals surface area contributed by atoms with Crippen molar-refractivity contribution in [1.82, 2.24) is 0 Å². The third kappa shape index (κ3) is 9.19. The van der Waals surface area contributed by atoms with Crippen LogP contribution in [0.1, 0.15) is 103 Å². The first-order valence-corrected chi connectivity index (χ1v) is 26.1. The van der Waals surface area contributed by atoms with Crippen LogP contribution in [0.25, 0.3) is 65.7 Å². The van der Waals surface area contributed by atoms with Gasteiger partial charge in [0.05, 0.1) is 11.4 Å². The van der Waals surface area contributed by atoms with Gasteiger partial charge in [-0.3, -0.25) is 0 Å². The van der Waals surface area contributed by atoms with Gasteiger partial charge in [0.2, 0.25) is 0 Å². The first-order chi connectivity index (χ1) is 35.1. The van der Waals surface area contributed by atoms with E-state index in [9.17, 15) is 0 Å². The molecule has 0 spiro atoms. The Kier molecular flexibility index (Phi) is 12.1. The maximum absolute atomic E-state index is 6.87. The second-order valence-corrected chi connectivity index (χ2v) is 22.7. The summed E-state index contributed by atoms with van der Waals surface area (Å²) in [5.74, 6) is 0.908. The van der Waals surface area contributed by atoms with Crippen molar-refractivity contribution >= 4 is 77.6 Å². The van der Waals surface area contributed by atoms with E-state index in [1.54, 1.807) is 0 Å². The molecule has 11 aromatic rings.